The fourth-order valence-corrected chi connectivity index (χ4v) is 3.09. The first kappa shape index (κ1) is 14.7. The Kier molecular flexibility index (Phi) is 5.17. The van der Waals surface area contributed by atoms with E-state index in [0.717, 1.165) is 18.6 Å². The molecule has 1 aliphatic rings. The van der Waals surface area contributed by atoms with E-state index in [1.54, 1.807) is 0 Å². The van der Waals surface area contributed by atoms with E-state index < -0.39 is 17.7 Å². The summed E-state index contributed by atoms with van der Waals surface area (Å²) in [5, 5.41) is 10.2. The minimum Gasteiger partial charge on any atom is -0.388 e. The first-order chi connectivity index (χ1) is 9.08. The van der Waals surface area contributed by atoms with Crippen LogP contribution in [0.2, 0.25) is 5.02 Å². The zero-order chi connectivity index (χ0) is 13.8. The van der Waals surface area contributed by atoms with Crippen LogP contribution in [0.1, 0.15) is 56.6 Å². The Balaban J connectivity index is 1.95. The van der Waals surface area contributed by atoms with E-state index in [1.807, 2.05) is 0 Å². The van der Waals surface area contributed by atoms with Crippen molar-refractivity contribution in [2.45, 2.75) is 51.0 Å². The van der Waals surface area contributed by atoms with Crippen molar-refractivity contribution in [1.82, 2.24) is 0 Å². The lowest BCUT2D eigenvalue weighted by atomic mass is 9.85. The van der Waals surface area contributed by atoms with Crippen LogP contribution in [-0.2, 0) is 0 Å². The number of halogens is 3. The average Bonchev–Trinajstić information content (AvgIpc) is 2.41. The second kappa shape index (κ2) is 6.67. The van der Waals surface area contributed by atoms with Crippen LogP contribution in [0, 0.1) is 17.6 Å². The molecule has 19 heavy (non-hydrogen) atoms. The van der Waals surface area contributed by atoms with Crippen molar-refractivity contribution in [3.63, 3.8) is 0 Å². The molecule has 1 fully saturated rings. The zero-order valence-corrected chi connectivity index (χ0v) is 11.6. The van der Waals surface area contributed by atoms with E-state index in [-0.39, 0.29) is 10.6 Å². The third-order valence-electron chi connectivity index (χ3n) is 3.97. The molecule has 0 aromatic heterocycles. The van der Waals surface area contributed by atoms with E-state index >= 15 is 0 Å². The maximum Gasteiger partial charge on any atom is 0.160 e. The van der Waals surface area contributed by atoms with Crippen LogP contribution in [0.4, 0.5) is 8.78 Å². The van der Waals surface area contributed by atoms with Gasteiger partial charge in [0.25, 0.3) is 0 Å². The molecule has 1 N–H and O–H groups in total. The monoisotopic (exact) mass is 288 g/mol. The van der Waals surface area contributed by atoms with Gasteiger partial charge in [-0.2, -0.15) is 0 Å². The summed E-state index contributed by atoms with van der Waals surface area (Å²) in [6.45, 7) is 0. The van der Waals surface area contributed by atoms with Gasteiger partial charge in [0.05, 0.1) is 6.10 Å². The third kappa shape index (κ3) is 3.90. The number of aliphatic hydroxyl groups excluding tert-OH is 1. The lowest BCUT2D eigenvalue weighted by Gasteiger charge is -2.23. The largest absolute Gasteiger partial charge is 0.388 e. The van der Waals surface area contributed by atoms with Crippen molar-refractivity contribution in [3.8, 4) is 0 Å². The highest BCUT2D eigenvalue weighted by Crippen LogP contribution is 2.33. The van der Waals surface area contributed by atoms with Gasteiger partial charge in [-0.25, -0.2) is 8.78 Å². The number of benzene rings is 1. The van der Waals surface area contributed by atoms with Crippen molar-refractivity contribution in [2.24, 2.45) is 5.92 Å². The summed E-state index contributed by atoms with van der Waals surface area (Å²) < 4.78 is 26.1. The summed E-state index contributed by atoms with van der Waals surface area (Å²) in [6, 6.07) is 1.93. The number of rotatable bonds is 4. The normalized spacial score (nSPS) is 18.5. The summed E-state index contributed by atoms with van der Waals surface area (Å²) in [5.74, 6) is -1.29. The Labute approximate surface area is 117 Å². The molecule has 1 aliphatic carbocycles. The minimum atomic E-state index is -0.978. The van der Waals surface area contributed by atoms with Crippen LogP contribution in [0.15, 0.2) is 12.1 Å². The van der Waals surface area contributed by atoms with E-state index in [9.17, 15) is 13.9 Å². The second-order valence-corrected chi connectivity index (χ2v) is 5.79. The lowest BCUT2D eigenvalue weighted by Crippen LogP contribution is -2.09. The second-order valence-electron chi connectivity index (χ2n) is 5.39. The number of hydrogen-bond acceptors (Lipinski definition) is 1. The molecule has 1 aromatic carbocycles. The molecule has 0 radical (unpaired) electrons. The summed E-state index contributed by atoms with van der Waals surface area (Å²) in [6.07, 6.45) is 6.88. The standard InChI is InChI=1S/C15H19ClF2O/c16-12-9-14(18)13(17)8-11(12)15(19)7-6-10-4-2-1-3-5-10/h8-10,15,19H,1-7H2. The average molecular weight is 289 g/mol. The molecule has 0 saturated heterocycles. The van der Waals surface area contributed by atoms with Crippen LogP contribution >= 0.6 is 11.6 Å². The van der Waals surface area contributed by atoms with Crippen molar-refractivity contribution in [2.75, 3.05) is 0 Å². The van der Waals surface area contributed by atoms with Crippen LogP contribution < -0.4 is 0 Å². The molecule has 1 atom stereocenters. The highest BCUT2D eigenvalue weighted by Gasteiger charge is 2.19. The first-order valence-corrected chi connectivity index (χ1v) is 7.28. The van der Waals surface area contributed by atoms with Gasteiger partial charge in [-0.05, 0) is 30.9 Å². The minimum absolute atomic E-state index is 0.0926. The van der Waals surface area contributed by atoms with Gasteiger partial charge in [-0.3, -0.25) is 0 Å². The molecule has 0 spiro atoms. The number of aliphatic hydroxyl groups is 1. The molecule has 1 saturated carbocycles. The molecule has 106 valence electrons. The molecule has 4 heteroatoms. The summed E-state index contributed by atoms with van der Waals surface area (Å²) in [7, 11) is 0. The predicted octanol–water partition coefficient (Wildman–Crippen LogP) is 5.01. The maximum absolute atomic E-state index is 13.2. The molecule has 0 heterocycles. The van der Waals surface area contributed by atoms with Gasteiger partial charge in [0.2, 0.25) is 0 Å². The summed E-state index contributed by atoms with van der Waals surface area (Å²) in [5.41, 5.74) is 0.288. The SMILES string of the molecule is OC(CCC1CCCCC1)c1cc(F)c(F)cc1Cl. The van der Waals surface area contributed by atoms with Crippen molar-refractivity contribution >= 4 is 11.6 Å². The zero-order valence-electron chi connectivity index (χ0n) is 10.8. The smallest absolute Gasteiger partial charge is 0.160 e. The molecule has 0 bridgehead atoms. The third-order valence-corrected chi connectivity index (χ3v) is 4.30. The van der Waals surface area contributed by atoms with Crippen molar-refractivity contribution < 1.29 is 13.9 Å². The van der Waals surface area contributed by atoms with E-state index in [0.29, 0.717) is 12.3 Å². The van der Waals surface area contributed by atoms with Gasteiger partial charge in [0.1, 0.15) is 0 Å². The number of hydrogen-bond donors (Lipinski definition) is 1. The molecule has 0 amide bonds. The summed E-state index contributed by atoms with van der Waals surface area (Å²) >= 11 is 5.85. The maximum atomic E-state index is 13.2. The first-order valence-electron chi connectivity index (χ1n) is 6.90. The molecular weight excluding hydrogens is 270 g/mol. The van der Waals surface area contributed by atoms with Gasteiger partial charge in [0, 0.05) is 10.6 Å². The molecule has 1 unspecified atom stereocenters. The van der Waals surface area contributed by atoms with Gasteiger partial charge < -0.3 is 5.11 Å². The molecule has 0 aliphatic heterocycles. The van der Waals surface area contributed by atoms with Crippen molar-refractivity contribution in [1.29, 1.82) is 0 Å². The lowest BCUT2D eigenvalue weighted by molar-refractivity contribution is 0.151. The fraction of sp³-hybridized carbons (Fsp3) is 0.600. The van der Waals surface area contributed by atoms with E-state index in [2.05, 4.69) is 0 Å². The Hall–Kier alpha value is -0.670. The molecular formula is C15H19ClF2O. The van der Waals surface area contributed by atoms with Crippen LogP contribution in [0.3, 0.4) is 0 Å². The Morgan fingerprint density at radius 1 is 1.16 bits per heavy atom. The Morgan fingerprint density at radius 3 is 2.47 bits per heavy atom. The summed E-state index contributed by atoms with van der Waals surface area (Å²) in [4.78, 5) is 0. The molecule has 1 nitrogen and oxygen atoms in total. The fourth-order valence-electron chi connectivity index (χ4n) is 2.82. The van der Waals surface area contributed by atoms with Gasteiger partial charge in [0.15, 0.2) is 11.6 Å². The van der Waals surface area contributed by atoms with Crippen LogP contribution in [0.25, 0.3) is 0 Å². The van der Waals surface area contributed by atoms with Crippen LogP contribution in [0.5, 0.6) is 0 Å². The van der Waals surface area contributed by atoms with E-state index in [4.69, 9.17) is 11.6 Å². The topological polar surface area (TPSA) is 20.2 Å². The molecule has 2 rings (SSSR count). The van der Waals surface area contributed by atoms with Crippen LogP contribution in [-0.4, -0.2) is 5.11 Å². The highest BCUT2D eigenvalue weighted by atomic mass is 35.5. The van der Waals surface area contributed by atoms with Gasteiger partial charge >= 0.3 is 0 Å². The molecule has 1 aromatic rings. The van der Waals surface area contributed by atoms with Gasteiger partial charge in [-0.1, -0.05) is 43.7 Å². The van der Waals surface area contributed by atoms with E-state index in [1.165, 1.54) is 32.1 Å². The Bertz CT molecular complexity index is 430. The quantitative estimate of drug-likeness (QED) is 0.772. The highest BCUT2D eigenvalue weighted by molar-refractivity contribution is 6.31. The Morgan fingerprint density at radius 2 is 1.79 bits per heavy atom. The van der Waals surface area contributed by atoms with Crippen molar-refractivity contribution in [3.05, 3.63) is 34.4 Å². The van der Waals surface area contributed by atoms with Gasteiger partial charge in [-0.15, -0.1) is 0 Å². The predicted molar refractivity (Wildman–Crippen MR) is 72.1 cm³/mol.